The third-order valence-electron chi connectivity index (χ3n) is 2.87. The zero-order valence-corrected chi connectivity index (χ0v) is 11.6. The smallest absolute Gasteiger partial charge is 0.0359 e. The summed E-state index contributed by atoms with van der Waals surface area (Å²) in [5, 5.41) is 0. The molecule has 0 amide bonds. The average Bonchev–Trinajstić information content (AvgIpc) is 2.10. The maximum atomic E-state index is 11.0. The van der Waals surface area contributed by atoms with Crippen molar-refractivity contribution in [1.29, 1.82) is 0 Å². The fourth-order valence-corrected chi connectivity index (χ4v) is 2.94. The molecule has 0 radical (unpaired) electrons. The van der Waals surface area contributed by atoms with Crippen molar-refractivity contribution in [3.05, 3.63) is 0 Å². The van der Waals surface area contributed by atoms with Crippen molar-refractivity contribution in [2.24, 2.45) is 11.8 Å². The second-order valence-electron chi connectivity index (χ2n) is 4.44. The number of hydrogen-bond acceptors (Lipinski definition) is 2. The van der Waals surface area contributed by atoms with Crippen molar-refractivity contribution in [3.63, 3.8) is 0 Å². The minimum atomic E-state index is -0.652. The normalized spacial score (nSPS) is 37.0. The zero-order chi connectivity index (χ0) is 10.7. The summed E-state index contributed by atoms with van der Waals surface area (Å²) in [6.45, 7) is 7.82. The standard InChI is InChI=1S/C10H20BrNOS/c1-8-6-12(4-5-14(3)13)7-9(2)10(8)11/h8-10H,4-7H2,1-3H3. The Morgan fingerprint density at radius 2 is 1.86 bits per heavy atom. The first-order valence-electron chi connectivity index (χ1n) is 5.17. The van der Waals surface area contributed by atoms with E-state index in [0.29, 0.717) is 16.7 Å². The van der Waals surface area contributed by atoms with Gasteiger partial charge < -0.3 is 4.90 Å². The van der Waals surface area contributed by atoms with Gasteiger partial charge in [0.2, 0.25) is 0 Å². The second-order valence-corrected chi connectivity index (χ2v) is 7.05. The SMILES string of the molecule is CC1CN(CCS(C)=O)CC(C)C1Br. The number of nitrogens with zero attached hydrogens (tertiary/aromatic N) is 1. The van der Waals surface area contributed by atoms with Crippen molar-refractivity contribution in [2.75, 3.05) is 31.6 Å². The van der Waals surface area contributed by atoms with Crippen LogP contribution in [0.2, 0.25) is 0 Å². The Kier molecular flexibility index (Phi) is 5.08. The Labute approximate surface area is 98.0 Å². The Hall–Kier alpha value is 0.590. The van der Waals surface area contributed by atoms with Gasteiger partial charge in [0.05, 0.1) is 0 Å². The summed E-state index contributed by atoms with van der Waals surface area (Å²) in [5.74, 6) is 2.21. The van der Waals surface area contributed by atoms with E-state index >= 15 is 0 Å². The summed E-state index contributed by atoms with van der Waals surface area (Å²) in [6.07, 6.45) is 1.78. The number of alkyl halides is 1. The van der Waals surface area contributed by atoms with Crippen LogP contribution in [0.25, 0.3) is 0 Å². The summed E-state index contributed by atoms with van der Waals surface area (Å²) in [5.41, 5.74) is 0. The van der Waals surface area contributed by atoms with Gasteiger partial charge in [-0.1, -0.05) is 29.8 Å². The first-order valence-corrected chi connectivity index (χ1v) is 7.81. The maximum absolute atomic E-state index is 11.0. The molecule has 0 spiro atoms. The molecular weight excluding hydrogens is 262 g/mol. The molecule has 2 nitrogen and oxygen atoms in total. The van der Waals surface area contributed by atoms with Gasteiger partial charge >= 0.3 is 0 Å². The molecule has 1 heterocycles. The molecule has 0 bridgehead atoms. The average molecular weight is 282 g/mol. The van der Waals surface area contributed by atoms with Gasteiger partial charge in [0, 0.05) is 47.3 Å². The van der Waals surface area contributed by atoms with Crippen LogP contribution in [0.1, 0.15) is 13.8 Å². The van der Waals surface area contributed by atoms with Gasteiger partial charge in [-0.15, -0.1) is 0 Å². The van der Waals surface area contributed by atoms with Gasteiger partial charge in [-0.25, -0.2) is 0 Å². The highest BCUT2D eigenvalue weighted by atomic mass is 79.9. The number of likely N-dealkylation sites (tertiary alicyclic amines) is 1. The molecule has 0 aliphatic carbocycles. The van der Waals surface area contributed by atoms with Crippen LogP contribution in [0.15, 0.2) is 0 Å². The maximum Gasteiger partial charge on any atom is 0.0359 e. The number of rotatable bonds is 3. The van der Waals surface area contributed by atoms with Gasteiger partial charge in [0.15, 0.2) is 0 Å². The molecule has 3 atom stereocenters. The fourth-order valence-electron chi connectivity index (χ4n) is 2.09. The van der Waals surface area contributed by atoms with Crippen molar-refractivity contribution < 1.29 is 4.21 Å². The lowest BCUT2D eigenvalue weighted by Crippen LogP contribution is -2.46. The molecule has 0 N–H and O–H groups in total. The fraction of sp³-hybridized carbons (Fsp3) is 1.00. The first-order chi connectivity index (χ1) is 6.50. The third kappa shape index (κ3) is 3.63. The van der Waals surface area contributed by atoms with E-state index in [9.17, 15) is 4.21 Å². The minimum absolute atomic E-state index is 0.644. The number of hydrogen-bond donors (Lipinski definition) is 0. The van der Waals surface area contributed by atoms with Gasteiger partial charge in [-0.2, -0.15) is 0 Å². The van der Waals surface area contributed by atoms with E-state index in [0.717, 1.165) is 25.4 Å². The third-order valence-corrected chi connectivity index (χ3v) is 5.44. The monoisotopic (exact) mass is 281 g/mol. The van der Waals surface area contributed by atoms with Crippen molar-refractivity contribution in [3.8, 4) is 0 Å². The summed E-state index contributed by atoms with van der Waals surface area (Å²) < 4.78 is 11.0. The van der Waals surface area contributed by atoms with E-state index in [1.165, 1.54) is 0 Å². The molecule has 1 fully saturated rings. The summed E-state index contributed by atoms with van der Waals surface area (Å²) in [6, 6.07) is 0. The topological polar surface area (TPSA) is 20.3 Å². The molecule has 4 heteroatoms. The highest BCUT2D eigenvalue weighted by Crippen LogP contribution is 2.27. The molecular formula is C10H20BrNOS. The molecule has 1 aliphatic rings. The highest BCUT2D eigenvalue weighted by Gasteiger charge is 2.29. The zero-order valence-electron chi connectivity index (χ0n) is 9.20. The van der Waals surface area contributed by atoms with Gasteiger partial charge in [0.1, 0.15) is 0 Å². The predicted molar refractivity (Wildman–Crippen MR) is 66.4 cm³/mol. The highest BCUT2D eigenvalue weighted by molar-refractivity contribution is 9.09. The Morgan fingerprint density at radius 3 is 2.29 bits per heavy atom. The van der Waals surface area contributed by atoms with Crippen molar-refractivity contribution in [1.82, 2.24) is 4.90 Å². The number of halogens is 1. The van der Waals surface area contributed by atoms with Crippen LogP contribution in [0, 0.1) is 11.8 Å². The van der Waals surface area contributed by atoms with Crippen LogP contribution in [0.5, 0.6) is 0 Å². The summed E-state index contributed by atoms with van der Waals surface area (Å²) in [7, 11) is -0.652. The van der Waals surface area contributed by atoms with Crippen LogP contribution in [0.3, 0.4) is 0 Å². The second kappa shape index (κ2) is 5.61. The van der Waals surface area contributed by atoms with Gasteiger partial charge in [0.25, 0.3) is 0 Å². The molecule has 0 aromatic carbocycles. The molecule has 3 unspecified atom stereocenters. The molecule has 1 aliphatic heterocycles. The molecule has 1 rings (SSSR count). The molecule has 0 saturated carbocycles. The Morgan fingerprint density at radius 1 is 1.36 bits per heavy atom. The van der Waals surface area contributed by atoms with Crippen LogP contribution >= 0.6 is 15.9 Å². The van der Waals surface area contributed by atoms with Crippen LogP contribution in [-0.2, 0) is 10.8 Å². The first kappa shape index (κ1) is 12.7. The van der Waals surface area contributed by atoms with E-state index in [1.54, 1.807) is 6.26 Å². The number of piperidine rings is 1. The molecule has 0 aromatic heterocycles. The van der Waals surface area contributed by atoms with Gasteiger partial charge in [-0.3, -0.25) is 4.21 Å². The summed E-state index contributed by atoms with van der Waals surface area (Å²) in [4.78, 5) is 3.08. The molecule has 14 heavy (non-hydrogen) atoms. The van der Waals surface area contributed by atoms with Crippen LogP contribution in [0.4, 0.5) is 0 Å². The van der Waals surface area contributed by atoms with E-state index in [-0.39, 0.29) is 0 Å². The molecule has 1 saturated heterocycles. The molecule has 84 valence electrons. The van der Waals surface area contributed by atoms with Crippen LogP contribution < -0.4 is 0 Å². The lowest BCUT2D eigenvalue weighted by Gasteiger charge is -2.38. The quantitative estimate of drug-likeness (QED) is 0.735. The van der Waals surface area contributed by atoms with E-state index in [2.05, 4.69) is 34.7 Å². The van der Waals surface area contributed by atoms with Crippen molar-refractivity contribution in [2.45, 2.75) is 18.7 Å². The largest absolute Gasteiger partial charge is 0.302 e. The predicted octanol–water partition coefficient (Wildman–Crippen LogP) is 1.72. The van der Waals surface area contributed by atoms with E-state index in [1.807, 2.05) is 0 Å². The Balaban J connectivity index is 2.38. The van der Waals surface area contributed by atoms with E-state index < -0.39 is 10.8 Å². The van der Waals surface area contributed by atoms with Gasteiger partial charge in [-0.05, 0) is 11.8 Å². The lowest BCUT2D eigenvalue weighted by atomic mass is 9.92. The Bertz CT molecular complexity index is 200. The summed E-state index contributed by atoms with van der Waals surface area (Å²) >= 11 is 3.74. The minimum Gasteiger partial charge on any atom is -0.302 e. The van der Waals surface area contributed by atoms with E-state index in [4.69, 9.17) is 0 Å². The lowest BCUT2D eigenvalue weighted by molar-refractivity contribution is 0.158. The molecule has 0 aromatic rings. The van der Waals surface area contributed by atoms with Crippen molar-refractivity contribution >= 4 is 26.7 Å². The van der Waals surface area contributed by atoms with Crippen LogP contribution in [-0.4, -0.2) is 45.6 Å².